The summed E-state index contributed by atoms with van der Waals surface area (Å²) in [6, 6.07) is 5.02. The van der Waals surface area contributed by atoms with Crippen molar-refractivity contribution in [1.82, 2.24) is 10.6 Å². The summed E-state index contributed by atoms with van der Waals surface area (Å²) in [4.78, 5) is 4.58. The number of rotatable bonds is 7. The van der Waals surface area contributed by atoms with Crippen LogP contribution in [0.2, 0.25) is 0 Å². The first kappa shape index (κ1) is 18.7. The van der Waals surface area contributed by atoms with Gasteiger partial charge in [0.2, 0.25) is 0 Å². The maximum absolute atomic E-state index is 13.7. The summed E-state index contributed by atoms with van der Waals surface area (Å²) in [6.45, 7) is 7.21. The summed E-state index contributed by atoms with van der Waals surface area (Å²) in [5.41, 5.74) is 1.37. The number of halogens is 1. The van der Waals surface area contributed by atoms with Gasteiger partial charge in [-0.1, -0.05) is 6.07 Å². The molecule has 0 spiro atoms. The first-order chi connectivity index (χ1) is 11.6. The number of aliphatic imine (C=N–C) groups is 1. The first-order valence-electron chi connectivity index (χ1n) is 8.49. The van der Waals surface area contributed by atoms with Gasteiger partial charge in [-0.2, -0.15) is 0 Å². The van der Waals surface area contributed by atoms with Gasteiger partial charge in [-0.25, -0.2) is 9.38 Å². The maximum Gasteiger partial charge on any atom is 0.191 e. The normalized spacial score (nSPS) is 21.1. The Bertz CT molecular complexity index is 557. The SMILES string of the molecule is CCNC(=NCc1ccc(F)c(COC)c1)NCC1(C)CCCO1. The first-order valence-corrected chi connectivity index (χ1v) is 8.49. The topological polar surface area (TPSA) is 54.9 Å². The van der Waals surface area contributed by atoms with Gasteiger partial charge < -0.3 is 20.1 Å². The molecule has 1 aromatic carbocycles. The molecule has 134 valence electrons. The zero-order valence-corrected chi connectivity index (χ0v) is 14.8. The summed E-state index contributed by atoms with van der Waals surface area (Å²) < 4.78 is 24.5. The smallest absolute Gasteiger partial charge is 0.191 e. The van der Waals surface area contributed by atoms with E-state index in [1.807, 2.05) is 6.92 Å². The third-order valence-corrected chi connectivity index (χ3v) is 4.10. The third kappa shape index (κ3) is 5.46. The number of ether oxygens (including phenoxy) is 2. The van der Waals surface area contributed by atoms with Gasteiger partial charge in [-0.05, 0) is 44.4 Å². The van der Waals surface area contributed by atoms with E-state index in [2.05, 4.69) is 22.5 Å². The molecule has 0 saturated carbocycles. The average molecular weight is 337 g/mol. The van der Waals surface area contributed by atoms with Crippen LogP contribution < -0.4 is 10.6 Å². The highest BCUT2D eigenvalue weighted by Crippen LogP contribution is 2.23. The van der Waals surface area contributed by atoms with E-state index in [-0.39, 0.29) is 18.0 Å². The van der Waals surface area contributed by atoms with E-state index in [1.165, 1.54) is 6.07 Å². The van der Waals surface area contributed by atoms with Crippen molar-refractivity contribution in [2.24, 2.45) is 4.99 Å². The Balaban J connectivity index is 1.98. The lowest BCUT2D eigenvalue weighted by Gasteiger charge is -2.24. The van der Waals surface area contributed by atoms with Gasteiger partial charge >= 0.3 is 0 Å². The lowest BCUT2D eigenvalue weighted by molar-refractivity contribution is 0.0243. The second-order valence-corrected chi connectivity index (χ2v) is 6.31. The van der Waals surface area contributed by atoms with Gasteiger partial charge in [-0.3, -0.25) is 0 Å². The summed E-state index contributed by atoms with van der Waals surface area (Å²) >= 11 is 0. The van der Waals surface area contributed by atoms with Gasteiger partial charge in [0.1, 0.15) is 5.82 Å². The summed E-state index contributed by atoms with van der Waals surface area (Å²) in [6.07, 6.45) is 2.15. The number of nitrogens with one attached hydrogen (secondary N) is 2. The van der Waals surface area contributed by atoms with E-state index in [0.29, 0.717) is 12.1 Å². The van der Waals surface area contributed by atoms with E-state index >= 15 is 0 Å². The van der Waals surface area contributed by atoms with E-state index in [4.69, 9.17) is 9.47 Å². The van der Waals surface area contributed by atoms with Crippen molar-refractivity contribution >= 4 is 5.96 Å². The van der Waals surface area contributed by atoms with Crippen LogP contribution in [0.25, 0.3) is 0 Å². The van der Waals surface area contributed by atoms with E-state index in [9.17, 15) is 4.39 Å². The van der Waals surface area contributed by atoms with E-state index < -0.39 is 0 Å². The molecule has 1 heterocycles. The summed E-state index contributed by atoms with van der Waals surface area (Å²) in [5, 5.41) is 6.57. The number of nitrogens with zero attached hydrogens (tertiary/aromatic N) is 1. The van der Waals surface area contributed by atoms with Gasteiger partial charge in [0.15, 0.2) is 5.96 Å². The molecular formula is C18H28FN3O2. The number of hydrogen-bond acceptors (Lipinski definition) is 3. The molecular weight excluding hydrogens is 309 g/mol. The molecule has 0 amide bonds. The Labute approximate surface area is 143 Å². The van der Waals surface area contributed by atoms with Crippen LogP contribution >= 0.6 is 0 Å². The molecule has 6 heteroatoms. The molecule has 2 N–H and O–H groups in total. The lowest BCUT2D eigenvalue weighted by Crippen LogP contribution is -2.45. The fourth-order valence-electron chi connectivity index (χ4n) is 2.75. The van der Waals surface area contributed by atoms with Crippen LogP contribution in [0.15, 0.2) is 23.2 Å². The lowest BCUT2D eigenvalue weighted by atomic mass is 10.0. The fraction of sp³-hybridized carbons (Fsp3) is 0.611. The van der Waals surface area contributed by atoms with Crippen LogP contribution in [0, 0.1) is 5.82 Å². The molecule has 1 saturated heterocycles. The highest BCUT2D eigenvalue weighted by Gasteiger charge is 2.29. The van der Waals surface area contributed by atoms with Crippen molar-refractivity contribution < 1.29 is 13.9 Å². The van der Waals surface area contributed by atoms with E-state index in [0.717, 1.165) is 44.1 Å². The predicted octanol–water partition coefficient (Wildman–Crippen LogP) is 2.60. The van der Waals surface area contributed by atoms with Crippen LogP contribution in [0.3, 0.4) is 0 Å². The molecule has 1 aromatic rings. The molecule has 0 aromatic heterocycles. The van der Waals surface area contributed by atoms with Crippen molar-refractivity contribution in [3.05, 3.63) is 35.1 Å². The Hall–Kier alpha value is -1.66. The highest BCUT2D eigenvalue weighted by molar-refractivity contribution is 5.79. The molecule has 1 unspecified atom stereocenters. The molecule has 1 atom stereocenters. The molecule has 0 bridgehead atoms. The van der Waals surface area contributed by atoms with Crippen LogP contribution in [-0.4, -0.2) is 38.4 Å². The summed E-state index contributed by atoms with van der Waals surface area (Å²) in [5.74, 6) is 0.493. The Morgan fingerprint density at radius 1 is 1.42 bits per heavy atom. The zero-order valence-electron chi connectivity index (χ0n) is 14.8. The molecule has 5 nitrogen and oxygen atoms in total. The largest absolute Gasteiger partial charge is 0.380 e. The quantitative estimate of drug-likeness (QED) is 0.593. The van der Waals surface area contributed by atoms with Crippen LogP contribution in [-0.2, 0) is 22.6 Å². The predicted molar refractivity (Wildman–Crippen MR) is 93.5 cm³/mol. The highest BCUT2D eigenvalue weighted by atomic mass is 19.1. The van der Waals surface area contributed by atoms with Crippen LogP contribution in [0.5, 0.6) is 0 Å². The molecule has 1 fully saturated rings. The minimum Gasteiger partial charge on any atom is -0.380 e. The molecule has 1 aliphatic heterocycles. The molecule has 0 aliphatic carbocycles. The fourth-order valence-corrected chi connectivity index (χ4v) is 2.75. The Morgan fingerprint density at radius 2 is 2.25 bits per heavy atom. The zero-order chi connectivity index (χ0) is 17.4. The summed E-state index contributed by atoms with van der Waals surface area (Å²) in [7, 11) is 1.56. The average Bonchev–Trinajstić information content (AvgIpc) is 3.00. The second kappa shape index (κ2) is 8.99. The minimum atomic E-state index is -0.249. The van der Waals surface area contributed by atoms with Crippen molar-refractivity contribution in [2.45, 2.75) is 45.4 Å². The molecule has 0 radical (unpaired) electrons. The standard InChI is InChI=1S/C18H28FN3O2/c1-4-20-17(22-13-18(2)8-5-9-24-18)21-11-14-6-7-16(19)15(10-14)12-23-3/h6-7,10H,4-5,8-9,11-13H2,1-3H3,(H2,20,21,22). The van der Waals surface area contributed by atoms with Gasteiger partial charge in [0, 0.05) is 32.4 Å². The molecule has 2 rings (SSSR count). The molecule has 1 aliphatic rings. The van der Waals surface area contributed by atoms with Gasteiger partial charge in [0.05, 0.1) is 18.8 Å². The third-order valence-electron chi connectivity index (χ3n) is 4.10. The minimum absolute atomic E-state index is 0.127. The van der Waals surface area contributed by atoms with Crippen molar-refractivity contribution in [3.63, 3.8) is 0 Å². The van der Waals surface area contributed by atoms with Crippen molar-refractivity contribution in [2.75, 3.05) is 26.8 Å². The second-order valence-electron chi connectivity index (χ2n) is 6.31. The van der Waals surface area contributed by atoms with Gasteiger partial charge in [0.25, 0.3) is 0 Å². The molecule has 24 heavy (non-hydrogen) atoms. The van der Waals surface area contributed by atoms with Crippen molar-refractivity contribution in [1.29, 1.82) is 0 Å². The maximum atomic E-state index is 13.7. The Kier molecular flexibility index (Phi) is 6.99. The van der Waals surface area contributed by atoms with Crippen molar-refractivity contribution in [3.8, 4) is 0 Å². The monoisotopic (exact) mass is 337 g/mol. The van der Waals surface area contributed by atoms with Gasteiger partial charge in [-0.15, -0.1) is 0 Å². The van der Waals surface area contributed by atoms with E-state index in [1.54, 1.807) is 19.2 Å². The number of benzene rings is 1. The number of guanidine groups is 1. The number of methoxy groups -OCH3 is 1. The Morgan fingerprint density at radius 3 is 2.92 bits per heavy atom. The van der Waals surface area contributed by atoms with Crippen LogP contribution in [0.4, 0.5) is 4.39 Å². The number of hydrogen-bond donors (Lipinski definition) is 2. The van der Waals surface area contributed by atoms with Crippen LogP contribution in [0.1, 0.15) is 37.8 Å².